The van der Waals surface area contributed by atoms with E-state index in [2.05, 4.69) is 46.6 Å². The van der Waals surface area contributed by atoms with E-state index < -0.39 is 0 Å². The van der Waals surface area contributed by atoms with Gasteiger partial charge in [-0.15, -0.1) is 0 Å². The third-order valence-corrected chi connectivity index (χ3v) is 3.62. The second-order valence-electron chi connectivity index (χ2n) is 3.08. The zero-order chi connectivity index (χ0) is 9.42. The van der Waals surface area contributed by atoms with Crippen LogP contribution < -0.4 is 5.32 Å². The van der Waals surface area contributed by atoms with Crippen LogP contribution in [0.25, 0.3) is 0 Å². The molecule has 1 N–H and O–H groups in total. The highest BCUT2D eigenvalue weighted by molar-refractivity contribution is 14.1. The molecule has 0 saturated carbocycles. The minimum atomic E-state index is 0.323. The Kier molecular flexibility index (Phi) is 2.95. The Morgan fingerprint density at radius 2 is 2.31 bits per heavy atom. The van der Waals surface area contributed by atoms with Crippen molar-refractivity contribution in [3.8, 4) is 0 Å². The first-order valence-corrected chi connectivity index (χ1v) is 6.06. The summed E-state index contributed by atoms with van der Waals surface area (Å²) in [5.74, 6) is 0. The molecule has 1 aliphatic heterocycles. The van der Waals surface area contributed by atoms with Gasteiger partial charge in [-0.25, -0.2) is 0 Å². The maximum Gasteiger partial charge on any atom is 0.0651 e. The van der Waals surface area contributed by atoms with Crippen molar-refractivity contribution in [2.75, 3.05) is 11.9 Å². The predicted octanol–water partition coefficient (Wildman–Crippen LogP) is 3.73. The summed E-state index contributed by atoms with van der Waals surface area (Å²) in [7, 11) is 0. The molecular formula is C9H9ClINS. The Morgan fingerprint density at radius 1 is 1.54 bits per heavy atom. The number of hydrogen-bond acceptors (Lipinski definition) is 2. The van der Waals surface area contributed by atoms with E-state index in [1.54, 1.807) is 0 Å². The molecule has 70 valence electrons. The summed E-state index contributed by atoms with van der Waals surface area (Å²) in [6.07, 6.45) is 1.06. The quantitative estimate of drug-likeness (QED) is 0.547. The number of thiol groups is 1. The molecule has 0 spiro atoms. The van der Waals surface area contributed by atoms with Crippen LogP contribution >= 0.6 is 46.8 Å². The van der Waals surface area contributed by atoms with E-state index in [1.807, 2.05) is 6.07 Å². The van der Waals surface area contributed by atoms with E-state index in [4.69, 9.17) is 11.6 Å². The molecule has 13 heavy (non-hydrogen) atoms. The number of halogens is 2. The fraction of sp³-hybridized carbons (Fsp3) is 0.333. The largest absolute Gasteiger partial charge is 0.384 e. The van der Waals surface area contributed by atoms with Gasteiger partial charge in [0.1, 0.15) is 0 Å². The summed E-state index contributed by atoms with van der Waals surface area (Å²) in [5, 5.41) is 4.43. The SMILES string of the molecule is SC1CCNc2c(Cl)cc(I)cc21. The Labute approximate surface area is 102 Å². The number of rotatable bonds is 0. The van der Waals surface area contributed by atoms with E-state index in [1.165, 1.54) is 9.13 Å². The lowest BCUT2D eigenvalue weighted by Gasteiger charge is -2.24. The standard InChI is InChI=1S/C9H9ClINS/c10-7-4-5(11)3-6-8(13)1-2-12-9(6)7/h3-4,8,12-13H,1-2H2. The molecular weight excluding hydrogens is 317 g/mol. The van der Waals surface area contributed by atoms with Gasteiger partial charge in [-0.05, 0) is 46.7 Å². The maximum atomic E-state index is 6.11. The van der Waals surface area contributed by atoms with Crippen LogP contribution in [0, 0.1) is 3.57 Å². The molecule has 0 bridgehead atoms. The van der Waals surface area contributed by atoms with Crippen LogP contribution in [0.4, 0.5) is 5.69 Å². The number of nitrogens with one attached hydrogen (secondary N) is 1. The first-order valence-electron chi connectivity index (χ1n) is 4.09. The molecule has 0 amide bonds. The molecule has 1 aromatic carbocycles. The highest BCUT2D eigenvalue weighted by Crippen LogP contribution is 2.39. The van der Waals surface area contributed by atoms with Crippen molar-refractivity contribution in [3.63, 3.8) is 0 Å². The van der Waals surface area contributed by atoms with E-state index >= 15 is 0 Å². The Bertz CT molecular complexity index is 343. The molecule has 1 unspecified atom stereocenters. The van der Waals surface area contributed by atoms with Gasteiger partial charge in [0.25, 0.3) is 0 Å². The van der Waals surface area contributed by atoms with E-state index in [9.17, 15) is 0 Å². The number of hydrogen-bond donors (Lipinski definition) is 2. The van der Waals surface area contributed by atoms with Gasteiger partial charge < -0.3 is 5.32 Å². The Hall–Kier alpha value is 0.390. The van der Waals surface area contributed by atoms with Crippen molar-refractivity contribution >= 4 is 52.5 Å². The van der Waals surface area contributed by atoms with Crippen molar-refractivity contribution < 1.29 is 0 Å². The van der Waals surface area contributed by atoms with Gasteiger partial charge in [0, 0.05) is 15.4 Å². The fourth-order valence-corrected chi connectivity index (χ4v) is 2.99. The summed E-state index contributed by atoms with van der Waals surface area (Å²) in [5.41, 5.74) is 2.29. The lowest BCUT2D eigenvalue weighted by Crippen LogP contribution is -2.14. The molecule has 2 rings (SSSR count). The van der Waals surface area contributed by atoms with Crippen molar-refractivity contribution in [3.05, 3.63) is 26.3 Å². The first-order chi connectivity index (χ1) is 6.18. The zero-order valence-electron chi connectivity index (χ0n) is 6.85. The molecule has 4 heteroatoms. The van der Waals surface area contributed by atoms with Gasteiger partial charge in [-0.1, -0.05) is 11.6 Å². The summed E-state index contributed by atoms with van der Waals surface area (Å²) < 4.78 is 1.17. The summed E-state index contributed by atoms with van der Waals surface area (Å²) in [6.45, 7) is 0.960. The minimum Gasteiger partial charge on any atom is -0.384 e. The van der Waals surface area contributed by atoms with Gasteiger partial charge in [-0.3, -0.25) is 0 Å². The molecule has 1 aromatic rings. The molecule has 0 saturated heterocycles. The number of benzene rings is 1. The summed E-state index contributed by atoms with van der Waals surface area (Å²) >= 11 is 12.9. The van der Waals surface area contributed by atoms with Gasteiger partial charge in [0.15, 0.2) is 0 Å². The first kappa shape index (κ1) is 9.93. The van der Waals surface area contributed by atoms with Crippen LogP contribution in [-0.4, -0.2) is 6.54 Å². The molecule has 1 aliphatic rings. The van der Waals surface area contributed by atoms with Crippen LogP contribution in [0.3, 0.4) is 0 Å². The lowest BCUT2D eigenvalue weighted by molar-refractivity contribution is 0.815. The third-order valence-electron chi connectivity index (χ3n) is 2.16. The van der Waals surface area contributed by atoms with Crippen LogP contribution in [0.5, 0.6) is 0 Å². The molecule has 1 nitrogen and oxygen atoms in total. The normalized spacial score (nSPS) is 20.7. The predicted molar refractivity (Wildman–Crippen MR) is 69.0 cm³/mol. The average molecular weight is 326 g/mol. The highest BCUT2D eigenvalue weighted by atomic mass is 127. The molecule has 1 heterocycles. The number of fused-ring (bicyclic) bond motifs is 1. The smallest absolute Gasteiger partial charge is 0.0651 e. The van der Waals surface area contributed by atoms with Gasteiger partial charge in [0.05, 0.1) is 10.7 Å². The average Bonchev–Trinajstić information content (AvgIpc) is 2.07. The third kappa shape index (κ3) is 1.92. The molecule has 0 radical (unpaired) electrons. The van der Waals surface area contributed by atoms with Crippen molar-refractivity contribution in [2.24, 2.45) is 0 Å². The molecule has 0 fully saturated rings. The topological polar surface area (TPSA) is 12.0 Å². The minimum absolute atomic E-state index is 0.323. The fourth-order valence-electron chi connectivity index (χ4n) is 1.53. The van der Waals surface area contributed by atoms with Crippen LogP contribution in [-0.2, 0) is 0 Å². The van der Waals surface area contributed by atoms with Crippen molar-refractivity contribution in [2.45, 2.75) is 11.7 Å². The van der Waals surface area contributed by atoms with Gasteiger partial charge in [0.2, 0.25) is 0 Å². The zero-order valence-corrected chi connectivity index (χ0v) is 10.7. The van der Waals surface area contributed by atoms with Crippen LogP contribution in [0.1, 0.15) is 17.2 Å². The monoisotopic (exact) mass is 325 g/mol. The second kappa shape index (κ2) is 3.87. The van der Waals surface area contributed by atoms with Gasteiger partial charge >= 0.3 is 0 Å². The van der Waals surface area contributed by atoms with E-state index in [0.29, 0.717) is 5.25 Å². The van der Waals surface area contributed by atoms with Gasteiger partial charge in [-0.2, -0.15) is 12.6 Å². The number of anilines is 1. The van der Waals surface area contributed by atoms with Crippen LogP contribution in [0.15, 0.2) is 12.1 Å². The Balaban J connectivity index is 2.56. The second-order valence-corrected chi connectivity index (χ2v) is 5.36. The van der Waals surface area contributed by atoms with E-state index in [-0.39, 0.29) is 0 Å². The molecule has 1 atom stereocenters. The van der Waals surface area contributed by atoms with Crippen LogP contribution in [0.2, 0.25) is 5.02 Å². The lowest BCUT2D eigenvalue weighted by atomic mass is 10.0. The van der Waals surface area contributed by atoms with Crippen molar-refractivity contribution in [1.29, 1.82) is 0 Å². The van der Waals surface area contributed by atoms with Crippen molar-refractivity contribution in [1.82, 2.24) is 0 Å². The molecule has 0 aliphatic carbocycles. The van der Waals surface area contributed by atoms with E-state index in [0.717, 1.165) is 23.7 Å². The highest BCUT2D eigenvalue weighted by Gasteiger charge is 2.19. The molecule has 0 aromatic heterocycles. The maximum absolute atomic E-state index is 6.11. The summed E-state index contributed by atoms with van der Waals surface area (Å²) in [4.78, 5) is 0. The Morgan fingerprint density at radius 3 is 3.08 bits per heavy atom. The summed E-state index contributed by atoms with van der Waals surface area (Å²) in [6, 6.07) is 4.12.